The molecule has 13 nitrogen and oxygen atoms in total. The van der Waals surface area contributed by atoms with Crippen molar-refractivity contribution in [2.24, 2.45) is 16.7 Å². The number of benzene rings is 3. The van der Waals surface area contributed by atoms with Crippen LogP contribution in [0.2, 0.25) is 5.02 Å². The minimum atomic E-state index is -1.14. The summed E-state index contributed by atoms with van der Waals surface area (Å²) in [6, 6.07) is 16.5. The van der Waals surface area contributed by atoms with Gasteiger partial charge in [-0.05, 0) is 73.7 Å². The van der Waals surface area contributed by atoms with Gasteiger partial charge in [-0.2, -0.15) is 5.26 Å². The van der Waals surface area contributed by atoms with Crippen molar-refractivity contribution in [1.82, 2.24) is 20.4 Å². The second kappa shape index (κ2) is 15.8. The third-order valence-corrected chi connectivity index (χ3v) is 13.6. The van der Waals surface area contributed by atoms with Crippen LogP contribution in [0.25, 0.3) is 0 Å². The lowest BCUT2D eigenvalue weighted by atomic mass is 9.49. The molecule has 4 aliphatic heterocycles. The molecule has 5 aliphatic rings. The molecule has 15 heteroatoms. The van der Waals surface area contributed by atoms with Gasteiger partial charge in [0, 0.05) is 92.1 Å². The van der Waals surface area contributed by atoms with Crippen LogP contribution >= 0.6 is 11.6 Å². The van der Waals surface area contributed by atoms with Crippen LogP contribution in [-0.2, 0) is 9.59 Å². The zero-order chi connectivity index (χ0) is 42.7. The molecule has 3 aromatic rings. The lowest BCUT2D eigenvalue weighted by Gasteiger charge is -2.63. The molecular formula is C45H49ClFN7O6. The van der Waals surface area contributed by atoms with Crippen molar-refractivity contribution in [3.8, 4) is 11.8 Å². The van der Waals surface area contributed by atoms with Crippen LogP contribution in [0.1, 0.15) is 90.0 Å². The molecule has 1 atom stereocenters. The van der Waals surface area contributed by atoms with Crippen LogP contribution in [0, 0.1) is 33.9 Å². The van der Waals surface area contributed by atoms with E-state index >= 15 is 4.39 Å². The fraction of sp³-hybridized carbons (Fsp3) is 0.467. The van der Waals surface area contributed by atoms with Crippen molar-refractivity contribution < 1.29 is 33.1 Å². The topological polar surface area (TPSA) is 155 Å². The summed E-state index contributed by atoms with van der Waals surface area (Å²) in [7, 11) is 0. The summed E-state index contributed by atoms with van der Waals surface area (Å²) in [6.45, 7) is 14.2. The number of fused-ring (bicyclic) bond motifs is 1. The fourth-order valence-electron chi connectivity index (χ4n) is 10.3. The van der Waals surface area contributed by atoms with Crippen LogP contribution in [0.5, 0.6) is 5.75 Å². The molecule has 2 N–H and O–H groups in total. The molecule has 60 heavy (non-hydrogen) atoms. The Hall–Kier alpha value is -5.52. The Bertz CT molecular complexity index is 2280. The maximum atomic E-state index is 15.4. The Kier molecular flexibility index (Phi) is 10.9. The fourth-order valence-corrected chi connectivity index (χ4v) is 10.5. The highest BCUT2D eigenvalue weighted by Gasteiger charge is 2.64. The summed E-state index contributed by atoms with van der Waals surface area (Å²) in [6.07, 6.45) is 1.61. The average Bonchev–Trinajstić information content (AvgIpc) is 3.48. The second-order valence-electron chi connectivity index (χ2n) is 17.9. The van der Waals surface area contributed by atoms with E-state index in [1.807, 2.05) is 29.2 Å². The molecule has 0 radical (unpaired) electrons. The van der Waals surface area contributed by atoms with Crippen molar-refractivity contribution in [2.45, 2.75) is 71.6 Å². The lowest BCUT2D eigenvalue weighted by Crippen LogP contribution is -2.74. The number of nitrogens with zero attached hydrogens (tertiary/aromatic N) is 5. The molecule has 1 aliphatic carbocycles. The zero-order valence-electron chi connectivity index (χ0n) is 34.2. The number of imide groups is 2. The van der Waals surface area contributed by atoms with Gasteiger partial charge in [-0.3, -0.25) is 39.1 Å². The Morgan fingerprint density at radius 1 is 0.883 bits per heavy atom. The third-order valence-electron chi connectivity index (χ3n) is 13.3. The van der Waals surface area contributed by atoms with Crippen molar-refractivity contribution in [1.29, 1.82) is 5.26 Å². The van der Waals surface area contributed by atoms with Gasteiger partial charge in [-0.25, -0.2) is 4.39 Å². The van der Waals surface area contributed by atoms with E-state index in [9.17, 15) is 29.2 Å². The first kappa shape index (κ1) is 41.2. The van der Waals surface area contributed by atoms with Gasteiger partial charge < -0.3 is 19.9 Å². The Morgan fingerprint density at radius 2 is 1.55 bits per heavy atom. The van der Waals surface area contributed by atoms with Gasteiger partial charge in [0.2, 0.25) is 11.8 Å². The largest absolute Gasteiger partial charge is 0.489 e. The molecule has 314 valence electrons. The van der Waals surface area contributed by atoms with Gasteiger partial charge in [-0.15, -0.1) is 0 Å². The SMILES string of the molecule is CC1(C)[C@H](NC(=O)c2ccc(N3CCN(CC4CCN(c5cc(F)c6c(c5)C(=O)N(C5CCC(=O)NC5=O)C6=O)CC4)CC3)cc2)C(C)(C)[C@H]1Oc1ccc(C#N)c(Cl)c1. The standard InChI is InChI=1S/C45H49ClFN7O6/c1-44(2)42(45(3,4)43(44)60-31-10-7-28(24-48)33(46)23-31)50-38(56)27-5-8-29(9-6-27)53-19-17-51(18-20-53)25-26-13-15-52(16-14-26)30-21-32-37(34(47)22-30)41(59)54(40(32)58)35-11-12-36(55)49-39(35)57/h5-10,21-23,26,35,42-43H,11-20,25H2,1-4H3,(H,50,56)(H,49,55,57)/t35?,42-,43-. The molecule has 8 rings (SSSR count). The number of halogens is 2. The van der Waals surface area contributed by atoms with E-state index in [2.05, 4.69) is 54.2 Å². The summed E-state index contributed by atoms with van der Waals surface area (Å²) in [4.78, 5) is 71.7. The Balaban J connectivity index is 0.799. The molecule has 1 saturated carbocycles. The highest BCUT2D eigenvalue weighted by Crippen LogP contribution is 2.55. The lowest BCUT2D eigenvalue weighted by molar-refractivity contribution is -0.164. The number of piperidine rings is 2. The third kappa shape index (κ3) is 7.47. The van der Waals surface area contributed by atoms with Crippen molar-refractivity contribution >= 4 is 52.5 Å². The Labute approximate surface area is 353 Å². The monoisotopic (exact) mass is 837 g/mol. The van der Waals surface area contributed by atoms with Crippen LogP contribution in [0.4, 0.5) is 15.8 Å². The predicted octanol–water partition coefficient (Wildman–Crippen LogP) is 5.40. The molecule has 3 saturated heterocycles. The molecular weight excluding hydrogens is 789 g/mol. The van der Waals surface area contributed by atoms with Crippen LogP contribution in [-0.4, -0.2) is 103 Å². The number of rotatable bonds is 9. The zero-order valence-corrected chi connectivity index (χ0v) is 35.0. The number of carbonyl (C=O) groups excluding carboxylic acids is 5. The molecule has 3 aromatic carbocycles. The predicted molar refractivity (Wildman–Crippen MR) is 223 cm³/mol. The first-order chi connectivity index (χ1) is 28.6. The molecule has 0 spiro atoms. The normalized spacial score (nSPS) is 24.1. The molecule has 5 amide bonds. The summed E-state index contributed by atoms with van der Waals surface area (Å²) in [5.41, 5.74) is 1.48. The molecule has 4 heterocycles. The molecule has 0 bridgehead atoms. The van der Waals surface area contributed by atoms with Crippen molar-refractivity contribution in [3.63, 3.8) is 0 Å². The van der Waals surface area contributed by atoms with Crippen LogP contribution < -0.4 is 25.2 Å². The van der Waals surface area contributed by atoms with Gasteiger partial charge in [0.15, 0.2) is 0 Å². The number of nitriles is 1. The highest BCUT2D eigenvalue weighted by molar-refractivity contribution is 6.31. The first-order valence-electron chi connectivity index (χ1n) is 20.6. The number of nitrogens with one attached hydrogen (secondary N) is 2. The molecule has 1 unspecified atom stereocenters. The first-order valence-corrected chi connectivity index (χ1v) is 21.0. The van der Waals surface area contributed by atoms with Crippen molar-refractivity contribution in [2.75, 3.05) is 55.6 Å². The quantitative estimate of drug-likeness (QED) is 0.268. The second-order valence-corrected chi connectivity index (χ2v) is 18.3. The van der Waals surface area contributed by atoms with Crippen molar-refractivity contribution in [3.05, 3.63) is 87.7 Å². The number of amides is 5. The van der Waals surface area contributed by atoms with E-state index in [1.165, 1.54) is 6.07 Å². The Morgan fingerprint density at radius 3 is 2.18 bits per heavy atom. The van der Waals surface area contributed by atoms with E-state index in [0.29, 0.717) is 46.6 Å². The minimum Gasteiger partial charge on any atom is -0.489 e. The number of hydrogen-bond acceptors (Lipinski definition) is 10. The van der Waals surface area contributed by atoms with Gasteiger partial charge >= 0.3 is 0 Å². The van der Waals surface area contributed by atoms with E-state index in [4.69, 9.17) is 16.3 Å². The maximum Gasteiger partial charge on any atom is 0.265 e. The van der Waals surface area contributed by atoms with Gasteiger partial charge in [0.1, 0.15) is 29.8 Å². The van der Waals surface area contributed by atoms with Gasteiger partial charge in [-0.1, -0.05) is 39.3 Å². The molecule has 4 fully saturated rings. The summed E-state index contributed by atoms with van der Waals surface area (Å²) in [5.74, 6) is -2.63. The number of ether oxygens (including phenoxy) is 1. The average molecular weight is 838 g/mol. The summed E-state index contributed by atoms with van der Waals surface area (Å²) in [5, 5.41) is 15.0. The number of carbonyl (C=O) groups is 5. The van der Waals surface area contributed by atoms with E-state index in [0.717, 1.165) is 56.2 Å². The van der Waals surface area contributed by atoms with E-state index < -0.39 is 35.5 Å². The smallest absolute Gasteiger partial charge is 0.265 e. The van der Waals surface area contributed by atoms with Gasteiger partial charge in [0.05, 0.1) is 21.7 Å². The number of piperazine rings is 1. The maximum absolute atomic E-state index is 15.4. The highest BCUT2D eigenvalue weighted by atomic mass is 35.5. The number of anilines is 2. The van der Waals surface area contributed by atoms with Crippen LogP contribution in [0.3, 0.4) is 0 Å². The molecule has 0 aromatic heterocycles. The summed E-state index contributed by atoms with van der Waals surface area (Å²) >= 11 is 6.25. The number of hydrogen-bond donors (Lipinski definition) is 2. The van der Waals surface area contributed by atoms with E-state index in [-0.39, 0.29) is 52.9 Å². The van der Waals surface area contributed by atoms with Crippen LogP contribution in [0.15, 0.2) is 54.6 Å². The van der Waals surface area contributed by atoms with Gasteiger partial charge in [0.25, 0.3) is 17.7 Å². The summed E-state index contributed by atoms with van der Waals surface area (Å²) < 4.78 is 21.8. The minimum absolute atomic E-state index is 0.00337. The van der Waals surface area contributed by atoms with E-state index in [1.54, 1.807) is 24.3 Å².